The smallest absolute Gasteiger partial charge is 0.326 e. The molecule has 0 aromatic carbocycles. The first-order chi connectivity index (χ1) is 11.5. The molecule has 3 unspecified atom stereocenters. The first kappa shape index (κ1) is 22.8. The molecule has 0 aromatic rings. The molecule has 3 atom stereocenters. The summed E-state index contributed by atoms with van der Waals surface area (Å²) in [6.45, 7) is 8.33. The molecule has 0 spiro atoms. The molecule has 0 fully saturated rings. The van der Waals surface area contributed by atoms with Crippen LogP contribution in [0.5, 0.6) is 0 Å². The van der Waals surface area contributed by atoms with E-state index in [1.807, 2.05) is 13.8 Å². The number of amides is 3. The molecule has 0 aromatic heterocycles. The van der Waals surface area contributed by atoms with Crippen LogP contribution in [0, 0.1) is 11.8 Å². The highest BCUT2D eigenvalue weighted by atomic mass is 16.4. The summed E-state index contributed by atoms with van der Waals surface area (Å²) >= 11 is 0. The largest absolute Gasteiger partial charge is 0.480 e. The van der Waals surface area contributed by atoms with Crippen LogP contribution in [0.4, 0.5) is 0 Å². The third-order valence-corrected chi connectivity index (χ3v) is 3.53. The van der Waals surface area contributed by atoms with Gasteiger partial charge >= 0.3 is 5.97 Å². The van der Waals surface area contributed by atoms with E-state index in [4.69, 9.17) is 10.8 Å². The van der Waals surface area contributed by atoms with Crippen LogP contribution < -0.4 is 21.7 Å². The van der Waals surface area contributed by atoms with Crippen molar-refractivity contribution in [2.75, 3.05) is 6.54 Å². The summed E-state index contributed by atoms with van der Waals surface area (Å²) in [5.41, 5.74) is 5.25. The van der Waals surface area contributed by atoms with Crippen LogP contribution in [0.2, 0.25) is 0 Å². The highest BCUT2D eigenvalue weighted by molar-refractivity contribution is 5.93. The zero-order valence-corrected chi connectivity index (χ0v) is 15.5. The Labute approximate surface area is 148 Å². The fraction of sp³-hybridized carbons (Fsp3) is 0.750. The molecule has 0 aliphatic rings. The maximum atomic E-state index is 12.3. The lowest BCUT2D eigenvalue weighted by atomic mass is 10.0. The van der Waals surface area contributed by atoms with E-state index in [2.05, 4.69) is 16.0 Å². The van der Waals surface area contributed by atoms with Crippen molar-refractivity contribution in [2.24, 2.45) is 17.6 Å². The molecule has 0 saturated carbocycles. The van der Waals surface area contributed by atoms with E-state index in [0.717, 1.165) is 0 Å². The van der Waals surface area contributed by atoms with E-state index < -0.39 is 41.8 Å². The second-order valence-corrected chi connectivity index (χ2v) is 6.75. The lowest BCUT2D eigenvalue weighted by Crippen LogP contribution is -2.56. The van der Waals surface area contributed by atoms with Crippen molar-refractivity contribution < 1.29 is 24.3 Å². The molecule has 144 valence electrons. The number of carbonyl (C=O) groups is 4. The maximum Gasteiger partial charge on any atom is 0.326 e. The summed E-state index contributed by atoms with van der Waals surface area (Å²) in [5.74, 6) is -2.91. The average molecular weight is 358 g/mol. The molecule has 9 nitrogen and oxygen atoms in total. The first-order valence-corrected chi connectivity index (χ1v) is 8.32. The number of hydrogen-bond donors (Lipinski definition) is 5. The van der Waals surface area contributed by atoms with Gasteiger partial charge in [0.1, 0.15) is 18.1 Å². The molecule has 25 heavy (non-hydrogen) atoms. The standard InChI is InChI=1S/C16H30N4O5/c1-8(2)6-11(19-12(21)7-17)15(23)18-10(5)14(22)20-13(9(3)4)16(24)25/h8-11,13H,6-7,17H2,1-5H3,(H,18,23)(H,19,21)(H,20,22)(H,24,25). The molecule has 3 amide bonds. The Morgan fingerprint density at radius 3 is 1.88 bits per heavy atom. The highest BCUT2D eigenvalue weighted by Crippen LogP contribution is 2.06. The molecule has 0 aliphatic carbocycles. The van der Waals surface area contributed by atoms with Gasteiger partial charge in [-0.2, -0.15) is 0 Å². The van der Waals surface area contributed by atoms with Gasteiger partial charge in [0, 0.05) is 0 Å². The van der Waals surface area contributed by atoms with E-state index in [0.29, 0.717) is 6.42 Å². The van der Waals surface area contributed by atoms with Gasteiger partial charge in [-0.1, -0.05) is 27.7 Å². The van der Waals surface area contributed by atoms with Gasteiger partial charge in [0.05, 0.1) is 6.54 Å². The van der Waals surface area contributed by atoms with Crippen molar-refractivity contribution in [1.29, 1.82) is 0 Å². The van der Waals surface area contributed by atoms with Crippen molar-refractivity contribution >= 4 is 23.7 Å². The first-order valence-electron chi connectivity index (χ1n) is 8.32. The predicted octanol–water partition coefficient (Wildman–Crippen LogP) is -0.794. The summed E-state index contributed by atoms with van der Waals surface area (Å²) in [5, 5.41) is 16.5. The minimum absolute atomic E-state index is 0.135. The van der Waals surface area contributed by atoms with Crippen LogP contribution in [0.3, 0.4) is 0 Å². The van der Waals surface area contributed by atoms with Gasteiger partial charge < -0.3 is 26.8 Å². The minimum Gasteiger partial charge on any atom is -0.480 e. The fourth-order valence-electron chi connectivity index (χ4n) is 2.13. The van der Waals surface area contributed by atoms with Crippen LogP contribution in [-0.4, -0.2) is 53.5 Å². The van der Waals surface area contributed by atoms with E-state index >= 15 is 0 Å². The van der Waals surface area contributed by atoms with E-state index in [-0.39, 0.29) is 18.4 Å². The molecule has 0 heterocycles. The normalized spacial score (nSPS) is 14.6. The summed E-state index contributed by atoms with van der Waals surface area (Å²) in [6.07, 6.45) is 0.385. The monoisotopic (exact) mass is 358 g/mol. The number of nitrogens with one attached hydrogen (secondary N) is 3. The third-order valence-electron chi connectivity index (χ3n) is 3.53. The third kappa shape index (κ3) is 8.48. The number of aliphatic carboxylic acids is 1. The molecule has 0 bridgehead atoms. The fourth-order valence-corrected chi connectivity index (χ4v) is 2.13. The zero-order chi connectivity index (χ0) is 19.7. The molecule has 6 N–H and O–H groups in total. The van der Waals surface area contributed by atoms with Crippen molar-refractivity contribution in [1.82, 2.24) is 16.0 Å². The summed E-state index contributed by atoms with van der Waals surface area (Å²) < 4.78 is 0. The molecule has 0 radical (unpaired) electrons. The van der Waals surface area contributed by atoms with Crippen LogP contribution >= 0.6 is 0 Å². The Balaban J connectivity index is 4.88. The van der Waals surface area contributed by atoms with Gasteiger partial charge in [-0.05, 0) is 25.2 Å². The lowest BCUT2D eigenvalue weighted by Gasteiger charge is -2.24. The number of hydrogen-bond acceptors (Lipinski definition) is 5. The van der Waals surface area contributed by atoms with Gasteiger partial charge in [0.25, 0.3) is 0 Å². The quantitative estimate of drug-likeness (QED) is 0.345. The second-order valence-electron chi connectivity index (χ2n) is 6.75. The van der Waals surface area contributed by atoms with Crippen LogP contribution in [0.15, 0.2) is 0 Å². The van der Waals surface area contributed by atoms with Crippen molar-refractivity contribution in [3.63, 3.8) is 0 Å². The van der Waals surface area contributed by atoms with Crippen LogP contribution in [-0.2, 0) is 19.2 Å². The van der Waals surface area contributed by atoms with Crippen molar-refractivity contribution in [2.45, 2.75) is 59.2 Å². The Hall–Kier alpha value is -2.16. The highest BCUT2D eigenvalue weighted by Gasteiger charge is 2.28. The molecule has 0 aliphatic heterocycles. The second kappa shape index (κ2) is 10.7. The zero-order valence-electron chi connectivity index (χ0n) is 15.5. The predicted molar refractivity (Wildman–Crippen MR) is 92.4 cm³/mol. The summed E-state index contributed by atoms with van der Waals surface area (Å²) in [4.78, 5) is 47.1. The topological polar surface area (TPSA) is 151 Å². The van der Waals surface area contributed by atoms with E-state index in [1.54, 1.807) is 13.8 Å². The number of carbonyl (C=O) groups excluding carboxylic acids is 3. The van der Waals surface area contributed by atoms with Gasteiger partial charge in [-0.25, -0.2) is 4.79 Å². The molecule has 0 rings (SSSR count). The van der Waals surface area contributed by atoms with Gasteiger partial charge in [-0.3, -0.25) is 14.4 Å². The summed E-state index contributed by atoms with van der Waals surface area (Å²) in [6, 6.07) is -2.81. The molecular weight excluding hydrogens is 328 g/mol. The SMILES string of the molecule is CC(C)CC(NC(=O)CN)C(=O)NC(C)C(=O)NC(C(=O)O)C(C)C. The Bertz CT molecular complexity index is 493. The van der Waals surface area contributed by atoms with Crippen molar-refractivity contribution in [3.05, 3.63) is 0 Å². The average Bonchev–Trinajstić information content (AvgIpc) is 2.49. The van der Waals surface area contributed by atoms with Gasteiger partial charge in [0.15, 0.2) is 0 Å². The van der Waals surface area contributed by atoms with Gasteiger partial charge in [0.2, 0.25) is 17.7 Å². The Morgan fingerprint density at radius 1 is 0.920 bits per heavy atom. The Morgan fingerprint density at radius 2 is 1.48 bits per heavy atom. The summed E-state index contributed by atoms with van der Waals surface area (Å²) in [7, 11) is 0. The number of rotatable bonds is 10. The molecule has 0 saturated heterocycles. The number of carboxylic acids is 1. The molecule has 9 heteroatoms. The number of nitrogens with two attached hydrogens (primary N) is 1. The van der Waals surface area contributed by atoms with E-state index in [9.17, 15) is 19.2 Å². The van der Waals surface area contributed by atoms with Gasteiger partial charge in [-0.15, -0.1) is 0 Å². The van der Waals surface area contributed by atoms with Crippen LogP contribution in [0.1, 0.15) is 41.0 Å². The maximum absolute atomic E-state index is 12.3. The molecular formula is C16H30N4O5. The van der Waals surface area contributed by atoms with Crippen LogP contribution in [0.25, 0.3) is 0 Å². The Kier molecular flexibility index (Phi) is 9.73. The van der Waals surface area contributed by atoms with E-state index in [1.165, 1.54) is 6.92 Å². The van der Waals surface area contributed by atoms with Crippen molar-refractivity contribution in [3.8, 4) is 0 Å². The lowest BCUT2D eigenvalue weighted by molar-refractivity contribution is -0.143. The number of carboxylic acid groups (broad SMARTS) is 1. The minimum atomic E-state index is -1.14.